The fourth-order valence-corrected chi connectivity index (χ4v) is 2.47. The van der Waals surface area contributed by atoms with Crippen LogP contribution in [0, 0.1) is 11.8 Å². The number of carbonyl (C=O) groups is 1. The van der Waals surface area contributed by atoms with Crippen molar-refractivity contribution >= 4 is 5.97 Å². The number of aliphatic carboxylic acids is 1. The van der Waals surface area contributed by atoms with Gasteiger partial charge in [0.1, 0.15) is 0 Å². The smallest absolute Gasteiger partial charge is 0.307 e. The molecule has 3 heteroatoms. The van der Waals surface area contributed by atoms with Gasteiger partial charge in [-0.25, -0.2) is 0 Å². The third-order valence-corrected chi connectivity index (χ3v) is 4.06. The highest BCUT2D eigenvalue weighted by molar-refractivity contribution is 5.70. The Labute approximate surface area is 98.6 Å². The van der Waals surface area contributed by atoms with E-state index in [1.165, 1.54) is 32.1 Å². The van der Waals surface area contributed by atoms with Gasteiger partial charge in [0.25, 0.3) is 0 Å². The molecule has 0 aliphatic heterocycles. The van der Waals surface area contributed by atoms with E-state index in [9.17, 15) is 4.79 Å². The Morgan fingerprint density at radius 3 is 2.31 bits per heavy atom. The highest BCUT2D eigenvalue weighted by atomic mass is 16.4. The highest BCUT2D eigenvalue weighted by Gasteiger charge is 2.25. The normalized spacial score (nSPS) is 29.7. The Morgan fingerprint density at radius 2 is 1.88 bits per heavy atom. The third-order valence-electron chi connectivity index (χ3n) is 4.06. The van der Waals surface area contributed by atoms with Crippen LogP contribution in [-0.2, 0) is 4.79 Å². The topological polar surface area (TPSA) is 49.3 Å². The number of nitrogens with one attached hydrogen (secondary N) is 1. The Morgan fingerprint density at radius 1 is 1.31 bits per heavy atom. The van der Waals surface area contributed by atoms with Crippen LogP contribution < -0.4 is 5.32 Å². The van der Waals surface area contributed by atoms with Crippen LogP contribution in [0.25, 0.3) is 0 Å². The van der Waals surface area contributed by atoms with Crippen LogP contribution in [0.1, 0.15) is 52.9 Å². The van der Waals surface area contributed by atoms with Crippen LogP contribution in [0.2, 0.25) is 0 Å². The number of carboxylic acid groups (broad SMARTS) is 1. The van der Waals surface area contributed by atoms with Gasteiger partial charge >= 0.3 is 5.97 Å². The maximum atomic E-state index is 10.8. The standard InChI is InChI=1S/C13H25NO2/c1-4-11-5-7-12(8-6-11)14-10(3)9(2)13(15)16/h9-12,14H,4-8H2,1-3H3,(H,15,16). The predicted molar refractivity (Wildman–Crippen MR) is 65.4 cm³/mol. The summed E-state index contributed by atoms with van der Waals surface area (Å²) in [6.45, 7) is 6.01. The molecule has 1 aliphatic carbocycles. The van der Waals surface area contributed by atoms with Crippen LogP contribution in [0.15, 0.2) is 0 Å². The molecule has 3 nitrogen and oxygen atoms in total. The molecule has 0 amide bonds. The van der Waals surface area contributed by atoms with Crippen LogP contribution in [0.4, 0.5) is 0 Å². The molecule has 2 unspecified atom stereocenters. The molecule has 16 heavy (non-hydrogen) atoms. The average molecular weight is 227 g/mol. The Bertz CT molecular complexity index is 222. The van der Waals surface area contributed by atoms with Crippen LogP contribution in [-0.4, -0.2) is 23.2 Å². The first-order valence-corrected chi connectivity index (χ1v) is 6.53. The second kappa shape index (κ2) is 6.24. The average Bonchev–Trinajstić information content (AvgIpc) is 2.28. The van der Waals surface area contributed by atoms with Crippen molar-refractivity contribution in [2.75, 3.05) is 0 Å². The van der Waals surface area contributed by atoms with E-state index < -0.39 is 5.97 Å². The van der Waals surface area contributed by atoms with Crippen LogP contribution >= 0.6 is 0 Å². The summed E-state index contributed by atoms with van der Waals surface area (Å²) >= 11 is 0. The SMILES string of the molecule is CCC1CCC(NC(C)C(C)C(=O)O)CC1. The van der Waals surface area contributed by atoms with E-state index in [2.05, 4.69) is 12.2 Å². The molecule has 2 N–H and O–H groups in total. The van der Waals surface area contributed by atoms with Gasteiger partial charge in [-0.1, -0.05) is 20.3 Å². The molecule has 1 saturated carbocycles. The van der Waals surface area contributed by atoms with Gasteiger partial charge < -0.3 is 10.4 Å². The van der Waals surface area contributed by atoms with Crippen molar-refractivity contribution in [2.45, 2.75) is 65.0 Å². The lowest BCUT2D eigenvalue weighted by Crippen LogP contribution is -2.44. The van der Waals surface area contributed by atoms with E-state index in [1.807, 2.05) is 6.92 Å². The summed E-state index contributed by atoms with van der Waals surface area (Å²) < 4.78 is 0. The second-order valence-electron chi connectivity index (χ2n) is 5.21. The summed E-state index contributed by atoms with van der Waals surface area (Å²) in [5.41, 5.74) is 0. The molecule has 1 rings (SSSR count). The number of carboxylic acids is 1. The fraction of sp³-hybridized carbons (Fsp3) is 0.923. The molecule has 0 saturated heterocycles. The molecule has 0 spiro atoms. The van der Waals surface area contributed by atoms with Gasteiger partial charge in [-0.05, 0) is 38.5 Å². The number of hydrogen-bond donors (Lipinski definition) is 2. The lowest BCUT2D eigenvalue weighted by atomic mass is 9.84. The molecule has 0 aromatic heterocycles. The van der Waals surface area contributed by atoms with Crippen molar-refractivity contribution in [1.29, 1.82) is 0 Å². The van der Waals surface area contributed by atoms with Gasteiger partial charge in [-0.3, -0.25) is 4.79 Å². The predicted octanol–water partition coefficient (Wildman–Crippen LogP) is 2.65. The fourth-order valence-electron chi connectivity index (χ4n) is 2.47. The van der Waals surface area contributed by atoms with Gasteiger partial charge in [0.05, 0.1) is 5.92 Å². The summed E-state index contributed by atoms with van der Waals surface area (Å²) in [7, 11) is 0. The Balaban J connectivity index is 2.30. The lowest BCUT2D eigenvalue weighted by molar-refractivity contribution is -0.142. The summed E-state index contributed by atoms with van der Waals surface area (Å²) in [5, 5.41) is 12.4. The first kappa shape index (κ1) is 13.5. The van der Waals surface area contributed by atoms with E-state index in [0.717, 1.165) is 5.92 Å². The minimum atomic E-state index is -0.706. The van der Waals surface area contributed by atoms with Crippen molar-refractivity contribution < 1.29 is 9.90 Å². The van der Waals surface area contributed by atoms with Crippen molar-refractivity contribution in [3.05, 3.63) is 0 Å². The van der Waals surface area contributed by atoms with E-state index in [-0.39, 0.29) is 12.0 Å². The maximum absolute atomic E-state index is 10.8. The number of hydrogen-bond acceptors (Lipinski definition) is 2. The van der Waals surface area contributed by atoms with E-state index in [0.29, 0.717) is 6.04 Å². The first-order valence-electron chi connectivity index (χ1n) is 6.53. The zero-order valence-electron chi connectivity index (χ0n) is 10.7. The van der Waals surface area contributed by atoms with Gasteiger partial charge in [-0.15, -0.1) is 0 Å². The Hall–Kier alpha value is -0.570. The summed E-state index contributed by atoms with van der Waals surface area (Å²) in [5.74, 6) is -0.114. The molecule has 2 atom stereocenters. The highest BCUT2D eigenvalue weighted by Crippen LogP contribution is 2.27. The molecule has 94 valence electrons. The largest absolute Gasteiger partial charge is 0.481 e. The maximum Gasteiger partial charge on any atom is 0.307 e. The summed E-state index contributed by atoms with van der Waals surface area (Å²) in [6.07, 6.45) is 6.28. The van der Waals surface area contributed by atoms with E-state index >= 15 is 0 Å². The minimum absolute atomic E-state index is 0.0701. The van der Waals surface area contributed by atoms with Crippen molar-refractivity contribution in [2.24, 2.45) is 11.8 Å². The van der Waals surface area contributed by atoms with E-state index in [4.69, 9.17) is 5.11 Å². The van der Waals surface area contributed by atoms with Crippen LogP contribution in [0.5, 0.6) is 0 Å². The van der Waals surface area contributed by atoms with Gasteiger partial charge in [-0.2, -0.15) is 0 Å². The minimum Gasteiger partial charge on any atom is -0.481 e. The van der Waals surface area contributed by atoms with Crippen molar-refractivity contribution in [3.8, 4) is 0 Å². The zero-order chi connectivity index (χ0) is 12.1. The molecular weight excluding hydrogens is 202 g/mol. The van der Waals surface area contributed by atoms with Crippen molar-refractivity contribution in [3.63, 3.8) is 0 Å². The van der Waals surface area contributed by atoms with Gasteiger partial charge in [0.2, 0.25) is 0 Å². The molecular formula is C13H25NO2. The zero-order valence-corrected chi connectivity index (χ0v) is 10.7. The van der Waals surface area contributed by atoms with Gasteiger partial charge in [0, 0.05) is 12.1 Å². The quantitative estimate of drug-likeness (QED) is 0.759. The molecule has 0 heterocycles. The number of rotatable bonds is 5. The molecule has 1 fully saturated rings. The molecule has 0 aromatic rings. The lowest BCUT2D eigenvalue weighted by Gasteiger charge is -2.31. The monoisotopic (exact) mass is 227 g/mol. The molecule has 0 bridgehead atoms. The van der Waals surface area contributed by atoms with Gasteiger partial charge in [0.15, 0.2) is 0 Å². The molecule has 0 aromatic carbocycles. The molecule has 0 radical (unpaired) electrons. The summed E-state index contributed by atoms with van der Waals surface area (Å²) in [6, 6.07) is 0.597. The van der Waals surface area contributed by atoms with Crippen molar-refractivity contribution in [1.82, 2.24) is 5.32 Å². The first-order chi connectivity index (χ1) is 7.54. The van der Waals surface area contributed by atoms with Crippen LogP contribution in [0.3, 0.4) is 0 Å². The summed E-state index contributed by atoms with van der Waals surface area (Å²) in [4.78, 5) is 10.8. The molecule has 1 aliphatic rings. The van der Waals surface area contributed by atoms with E-state index in [1.54, 1.807) is 6.92 Å². The second-order valence-corrected chi connectivity index (χ2v) is 5.21. The Kier molecular flexibility index (Phi) is 5.26. The third kappa shape index (κ3) is 3.78.